The quantitative estimate of drug-likeness (QED) is 0.0793. The Kier molecular flexibility index (Phi) is 22.8. The topological polar surface area (TPSA) is 187 Å². The van der Waals surface area contributed by atoms with Crippen molar-refractivity contribution in [3.63, 3.8) is 0 Å². The zero-order valence-corrected chi connectivity index (χ0v) is 27.7. The van der Waals surface area contributed by atoms with Crippen LogP contribution in [0.2, 0.25) is 0 Å². The summed E-state index contributed by atoms with van der Waals surface area (Å²) >= 11 is 0. The Labute approximate surface area is 274 Å². The SMILES string of the molecule is COC(=O)C/C(C(=O)OC)=C(\C/C=C\CCOCc1ccccc1)C(=O)OC.COC(=O)C/C(C(=O)OC)=C(\CCCO)C(=O)OC. The molecule has 14 nitrogen and oxygen atoms in total. The monoisotopic (exact) mass is 664 g/mol. The summed E-state index contributed by atoms with van der Waals surface area (Å²) in [5, 5.41) is 8.79. The maximum Gasteiger partial charge on any atom is 0.334 e. The van der Waals surface area contributed by atoms with Gasteiger partial charge >= 0.3 is 35.8 Å². The van der Waals surface area contributed by atoms with Gasteiger partial charge in [0.25, 0.3) is 0 Å². The van der Waals surface area contributed by atoms with Crippen LogP contribution >= 0.6 is 0 Å². The molecule has 0 fully saturated rings. The molecule has 0 aromatic heterocycles. The van der Waals surface area contributed by atoms with Crippen molar-refractivity contribution in [2.24, 2.45) is 0 Å². The third kappa shape index (κ3) is 16.9. The van der Waals surface area contributed by atoms with Gasteiger partial charge in [-0.3, -0.25) is 9.59 Å². The molecule has 0 aliphatic heterocycles. The fraction of sp³-hybridized carbons (Fsp3) is 0.455. The average Bonchev–Trinajstić information content (AvgIpc) is 3.10. The molecule has 0 saturated carbocycles. The number of aliphatic hydroxyl groups excluding tert-OH is 1. The number of rotatable bonds is 18. The van der Waals surface area contributed by atoms with Crippen LogP contribution in [0.5, 0.6) is 0 Å². The average molecular weight is 665 g/mol. The molecule has 0 radical (unpaired) electrons. The van der Waals surface area contributed by atoms with Crippen LogP contribution in [-0.2, 0) is 68.5 Å². The molecule has 0 bridgehead atoms. The minimum Gasteiger partial charge on any atom is -0.469 e. The van der Waals surface area contributed by atoms with Crippen molar-refractivity contribution in [2.45, 2.75) is 45.1 Å². The highest BCUT2D eigenvalue weighted by atomic mass is 16.5. The van der Waals surface area contributed by atoms with Crippen molar-refractivity contribution in [3.8, 4) is 0 Å². The van der Waals surface area contributed by atoms with E-state index in [1.54, 1.807) is 6.08 Å². The van der Waals surface area contributed by atoms with Gasteiger partial charge in [0.15, 0.2) is 0 Å². The lowest BCUT2D eigenvalue weighted by atomic mass is 10.0. The van der Waals surface area contributed by atoms with E-state index in [1.165, 1.54) is 28.4 Å². The number of hydrogen-bond donors (Lipinski definition) is 1. The molecular weight excluding hydrogens is 620 g/mol. The first-order valence-electron chi connectivity index (χ1n) is 14.3. The summed E-state index contributed by atoms with van der Waals surface area (Å²) in [7, 11) is 7.05. The van der Waals surface area contributed by atoms with Gasteiger partial charge in [-0.1, -0.05) is 42.5 Å². The number of methoxy groups -OCH3 is 6. The van der Waals surface area contributed by atoms with E-state index in [2.05, 4.69) is 23.7 Å². The highest BCUT2D eigenvalue weighted by Gasteiger charge is 2.25. The van der Waals surface area contributed by atoms with Crippen LogP contribution in [0.4, 0.5) is 0 Å². The Balaban J connectivity index is 0.000000974. The van der Waals surface area contributed by atoms with Gasteiger partial charge in [0, 0.05) is 12.2 Å². The minimum atomic E-state index is -0.802. The molecule has 14 heteroatoms. The summed E-state index contributed by atoms with van der Waals surface area (Å²) < 4.78 is 33.1. The van der Waals surface area contributed by atoms with Crippen molar-refractivity contribution >= 4 is 35.8 Å². The molecule has 0 atom stereocenters. The molecule has 0 unspecified atom stereocenters. The first kappa shape index (κ1) is 42.2. The van der Waals surface area contributed by atoms with E-state index < -0.39 is 35.8 Å². The number of allylic oxidation sites excluding steroid dienone is 1. The van der Waals surface area contributed by atoms with E-state index in [0.29, 0.717) is 19.6 Å². The van der Waals surface area contributed by atoms with E-state index in [0.717, 1.165) is 19.8 Å². The lowest BCUT2D eigenvalue weighted by Gasteiger charge is -2.11. The number of ether oxygens (including phenoxy) is 7. The van der Waals surface area contributed by atoms with E-state index in [-0.39, 0.29) is 61.0 Å². The maximum atomic E-state index is 12.1. The van der Waals surface area contributed by atoms with Crippen molar-refractivity contribution in [1.29, 1.82) is 0 Å². The third-order valence-electron chi connectivity index (χ3n) is 6.17. The smallest absolute Gasteiger partial charge is 0.334 e. The van der Waals surface area contributed by atoms with Gasteiger partial charge in [-0.15, -0.1) is 0 Å². The Morgan fingerprint density at radius 2 is 1.09 bits per heavy atom. The summed E-state index contributed by atoms with van der Waals surface area (Å²) in [6.45, 7) is 0.871. The zero-order valence-electron chi connectivity index (χ0n) is 27.7. The molecule has 1 N–H and O–H groups in total. The van der Waals surface area contributed by atoms with Crippen LogP contribution in [0.15, 0.2) is 64.8 Å². The predicted molar refractivity (Wildman–Crippen MR) is 166 cm³/mol. The third-order valence-corrected chi connectivity index (χ3v) is 6.17. The van der Waals surface area contributed by atoms with Crippen LogP contribution in [-0.4, -0.2) is 96.8 Å². The van der Waals surface area contributed by atoms with Crippen LogP contribution in [0.3, 0.4) is 0 Å². The Morgan fingerprint density at radius 1 is 0.617 bits per heavy atom. The predicted octanol–water partition coefficient (Wildman–Crippen LogP) is 2.71. The molecule has 260 valence electrons. The second-order valence-electron chi connectivity index (χ2n) is 9.22. The first-order chi connectivity index (χ1) is 22.5. The number of esters is 6. The number of benzene rings is 1. The van der Waals surface area contributed by atoms with Crippen LogP contribution in [0.1, 0.15) is 44.1 Å². The maximum absolute atomic E-state index is 12.1. The van der Waals surface area contributed by atoms with Gasteiger partial charge in [-0.25, -0.2) is 19.2 Å². The highest BCUT2D eigenvalue weighted by Crippen LogP contribution is 2.19. The van der Waals surface area contributed by atoms with E-state index in [9.17, 15) is 28.8 Å². The second-order valence-corrected chi connectivity index (χ2v) is 9.22. The van der Waals surface area contributed by atoms with Gasteiger partial charge in [0.2, 0.25) is 0 Å². The summed E-state index contributed by atoms with van der Waals surface area (Å²) in [6.07, 6.45) is 3.90. The van der Waals surface area contributed by atoms with Gasteiger partial charge < -0.3 is 38.3 Å². The van der Waals surface area contributed by atoms with Crippen LogP contribution in [0.25, 0.3) is 0 Å². The molecule has 0 spiro atoms. The molecule has 1 aromatic rings. The number of carbonyl (C=O) groups excluding carboxylic acids is 6. The fourth-order valence-corrected chi connectivity index (χ4v) is 3.73. The Morgan fingerprint density at radius 3 is 1.55 bits per heavy atom. The molecule has 0 aliphatic rings. The molecule has 0 aliphatic carbocycles. The van der Waals surface area contributed by atoms with Crippen molar-refractivity contribution < 1.29 is 67.0 Å². The lowest BCUT2D eigenvalue weighted by molar-refractivity contribution is -0.144. The largest absolute Gasteiger partial charge is 0.469 e. The summed E-state index contributed by atoms with van der Waals surface area (Å²) in [4.78, 5) is 70.2. The lowest BCUT2D eigenvalue weighted by Crippen LogP contribution is -2.18. The zero-order chi connectivity index (χ0) is 35.6. The highest BCUT2D eigenvalue weighted by molar-refractivity contribution is 6.04. The molecule has 1 rings (SSSR count). The minimum absolute atomic E-state index is 0.00815. The van der Waals surface area contributed by atoms with Gasteiger partial charge in [-0.2, -0.15) is 0 Å². The van der Waals surface area contributed by atoms with Crippen molar-refractivity contribution in [3.05, 3.63) is 70.3 Å². The molecule has 47 heavy (non-hydrogen) atoms. The van der Waals surface area contributed by atoms with Crippen molar-refractivity contribution in [2.75, 3.05) is 55.9 Å². The molecular formula is C33H44O14. The number of hydrogen-bond acceptors (Lipinski definition) is 14. The summed E-state index contributed by atoms with van der Waals surface area (Å²) in [5.74, 6) is -4.34. The van der Waals surface area contributed by atoms with E-state index in [4.69, 9.17) is 14.6 Å². The van der Waals surface area contributed by atoms with Crippen LogP contribution < -0.4 is 0 Å². The number of aliphatic hydroxyl groups is 1. The van der Waals surface area contributed by atoms with Gasteiger partial charge in [0.05, 0.1) is 85.4 Å². The van der Waals surface area contributed by atoms with Crippen molar-refractivity contribution in [1.82, 2.24) is 0 Å². The first-order valence-corrected chi connectivity index (χ1v) is 14.3. The summed E-state index contributed by atoms with van der Waals surface area (Å²) in [5.41, 5.74) is 0.962. The Hall–Kier alpha value is -4.82. The number of carbonyl (C=O) groups is 6. The van der Waals surface area contributed by atoms with Gasteiger partial charge in [-0.05, 0) is 31.2 Å². The van der Waals surface area contributed by atoms with Crippen LogP contribution in [0, 0.1) is 0 Å². The molecule has 0 heterocycles. The summed E-state index contributed by atoms with van der Waals surface area (Å²) in [6, 6.07) is 9.82. The van der Waals surface area contributed by atoms with E-state index in [1.807, 2.05) is 36.4 Å². The second kappa shape index (κ2) is 25.4. The standard InChI is InChI=1S/C21H26O7.C12H18O7/c1-25-19(22)14-18(21(24)27-3)17(20(23)26-2)12-8-5-9-13-28-15-16-10-6-4-7-11-16;1-17-10(14)7-9(12(16)19-3)8(5-4-6-13)11(15)18-2/h4-8,10-11H,9,12-15H2,1-3H3;13H,4-7H2,1-3H3/b8-5-,18-17-;9-8-. The molecule has 0 amide bonds. The van der Waals surface area contributed by atoms with E-state index >= 15 is 0 Å². The molecule has 1 aromatic carbocycles. The molecule has 0 saturated heterocycles. The normalized spacial score (nSPS) is 11.6. The fourth-order valence-electron chi connectivity index (χ4n) is 3.73. The Bertz CT molecular complexity index is 1260. The van der Waals surface area contributed by atoms with Gasteiger partial charge in [0.1, 0.15) is 0 Å².